The predicted octanol–water partition coefficient (Wildman–Crippen LogP) is 0.493. The minimum absolute atomic E-state index is 0.357. The Bertz CT molecular complexity index is 261. The highest BCUT2D eigenvalue weighted by Gasteiger charge is 2.33. The molecule has 2 heterocycles. The molecular weight excluding hydrogens is 190 g/mol. The molecule has 1 saturated heterocycles. The molecule has 84 valence electrons. The van der Waals surface area contributed by atoms with Crippen molar-refractivity contribution in [2.24, 2.45) is 10.9 Å². The first-order valence-corrected chi connectivity index (χ1v) is 6.08. The Kier molecular flexibility index (Phi) is 2.52. The molecule has 0 bridgehead atoms. The first-order chi connectivity index (χ1) is 7.42. The molecule has 0 amide bonds. The van der Waals surface area contributed by atoms with Crippen molar-refractivity contribution < 1.29 is 4.74 Å². The normalized spacial score (nSPS) is 35.1. The molecule has 2 aliphatic heterocycles. The maximum Gasteiger partial charge on any atom is 0.192 e. The van der Waals surface area contributed by atoms with Crippen LogP contribution in [0.2, 0.25) is 0 Å². The number of rotatable bonds is 2. The van der Waals surface area contributed by atoms with E-state index in [1.807, 2.05) is 0 Å². The standard InChI is InChI=1S/C11H19N3O/c1-2-4-8(3-1)5-12-11-13-9-6-15-7-10(9)14-11/h8-10H,1-7H2,(H2,12,13,14)/t9-,10+. The largest absolute Gasteiger partial charge is 0.377 e. The van der Waals surface area contributed by atoms with Crippen LogP contribution in [-0.2, 0) is 4.74 Å². The van der Waals surface area contributed by atoms with Gasteiger partial charge in [0.1, 0.15) is 0 Å². The zero-order valence-corrected chi connectivity index (χ0v) is 9.04. The maximum atomic E-state index is 5.34. The van der Waals surface area contributed by atoms with Crippen LogP contribution in [0.15, 0.2) is 4.99 Å². The maximum absolute atomic E-state index is 5.34. The van der Waals surface area contributed by atoms with E-state index in [1.165, 1.54) is 25.7 Å². The second kappa shape index (κ2) is 4.00. The third kappa shape index (κ3) is 1.95. The van der Waals surface area contributed by atoms with Crippen molar-refractivity contribution in [3.8, 4) is 0 Å². The van der Waals surface area contributed by atoms with E-state index >= 15 is 0 Å². The molecule has 2 fully saturated rings. The van der Waals surface area contributed by atoms with Gasteiger partial charge < -0.3 is 15.4 Å². The van der Waals surface area contributed by atoms with Crippen molar-refractivity contribution >= 4 is 5.96 Å². The lowest BCUT2D eigenvalue weighted by molar-refractivity contribution is 0.188. The van der Waals surface area contributed by atoms with Crippen molar-refractivity contribution in [1.29, 1.82) is 0 Å². The number of ether oxygens (including phenoxy) is 1. The molecule has 2 atom stereocenters. The van der Waals surface area contributed by atoms with E-state index in [2.05, 4.69) is 15.6 Å². The fraction of sp³-hybridized carbons (Fsp3) is 0.909. The van der Waals surface area contributed by atoms with Gasteiger partial charge in [-0.2, -0.15) is 0 Å². The van der Waals surface area contributed by atoms with Gasteiger partial charge >= 0.3 is 0 Å². The molecule has 3 aliphatic rings. The molecule has 0 radical (unpaired) electrons. The van der Waals surface area contributed by atoms with Crippen LogP contribution >= 0.6 is 0 Å². The summed E-state index contributed by atoms with van der Waals surface area (Å²) in [6.45, 7) is 2.68. The summed E-state index contributed by atoms with van der Waals surface area (Å²) in [5.74, 6) is 1.87. The van der Waals surface area contributed by atoms with Crippen molar-refractivity contribution in [3.63, 3.8) is 0 Å². The van der Waals surface area contributed by atoms with Crippen molar-refractivity contribution in [1.82, 2.24) is 10.6 Å². The second-order valence-electron chi connectivity index (χ2n) is 4.86. The van der Waals surface area contributed by atoms with Crippen molar-refractivity contribution in [2.45, 2.75) is 37.8 Å². The van der Waals surface area contributed by atoms with E-state index in [4.69, 9.17) is 4.74 Å². The first kappa shape index (κ1) is 9.46. The molecule has 0 aromatic carbocycles. The zero-order valence-electron chi connectivity index (χ0n) is 9.04. The summed E-state index contributed by atoms with van der Waals surface area (Å²) >= 11 is 0. The molecule has 0 unspecified atom stereocenters. The zero-order chi connectivity index (χ0) is 10.1. The van der Waals surface area contributed by atoms with Crippen LogP contribution in [0.25, 0.3) is 0 Å². The van der Waals surface area contributed by atoms with Crippen LogP contribution in [0.1, 0.15) is 25.7 Å². The van der Waals surface area contributed by atoms with Crippen LogP contribution in [0, 0.1) is 5.92 Å². The Hall–Kier alpha value is -0.770. The van der Waals surface area contributed by atoms with Gasteiger partial charge in [-0.25, -0.2) is 4.99 Å². The molecular formula is C11H19N3O. The first-order valence-electron chi connectivity index (χ1n) is 6.08. The average Bonchev–Trinajstić information content (AvgIpc) is 2.91. The number of fused-ring (bicyclic) bond motifs is 1. The molecule has 4 nitrogen and oxygen atoms in total. The third-order valence-corrected chi connectivity index (χ3v) is 3.70. The van der Waals surface area contributed by atoms with E-state index in [0.29, 0.717) is 12.1 Å². The SMILES string of the molecule is C1CCC(CNC2=N[C@H]3COC[C@H]3N2)C1. The van der Waals surface area contributed by atoms with Crippen LogP contribution in [-0.4, -0.2) is 37.8 Å². The smallest absolute Gasteiger partial charge is 0.192 e. The summed E-state index contributed by atoms with van der Waals surface area (Å²) in [4.78, 5) is 4.58. The summed E-state index contributed by atoms with van der Waals surface area (Å²) in [6.07, 6.45) is 5.59. The lowest BCUT2D eigenvalue weighted by atomic mass is 10.1. The Balaban J connectivity index is 1.47. The second-order valence-corrected chi connectivity index (χ2v) is 4.86. The summed E-state index contributed by atoms with van der Waals surface area (Å²) in [6, 6.07) is 0.784. The van der Waals surface area contributed by atoms with E-state index in [0.717, 1.165) is 31.6 Å². The minimum Gasteiger partial charge on any atom is -0.377 e. The topological polar surface area (TPSA) is 45.7 Å². The van der Waals surface area contributed by atoms with Gasteiger partial charge in [-0.05, 0) is 18.8 Å². The fourth-order valence-electron chi connectivity index (χ4n) is 2.74. The van der Waals surface area contributed by atoms with Crippen LogP contribution in [0.5, 0.6) is 0 Å². The number of nitrogens with zero attached hydrogens (tertiary/aromatic N) is 1. The van der Waals surface area contributed by atoms with E-state index in [-0.39, 0.29) is 0 Å². The molecule has 2 N–H and O–H groups in total. The van der Waals surface area contributed by atoms with Gasteiger partial charge in [0.15, 0.2) is 5.96 Å². The quantitative estimate of drug-likeness (QED) is 0.696. The molecule has 0 aromatic heterocycles. The number of nitrogens with one attached hydrogen (secondary N) is 2. The Morgan fingerprint density at radius 3 is 3.00 bits per heavy atom. The average molecular weight is 209 g/mol. The van der Waals surface area contributed by atoms with E-state index in [9.17, 15) is 0 Å². The third-order valence-electron chi connectivity index (χ3n) is 3.70. The molecule has 3 rings (SSSR count). The number of hydrogen-bond acceptors (Lipinski definition) is 4. The van der Waals surface area contributed by atoms with Gasteiger partial charge in [0.2, 0.25) is 0 Å². The fourth-order valence-corrected chi connectivity index (χ4v) is 2.74. The van der Waals surface area contributed by atoms with Gasteiger partial charge in [0.05, 0.1) is 25.3 Å². The van der Waals surface area contributed by atoms with Gasteiger partial charge in [-0.15, -0.1) is 0 Å². The summed E-state index contributed by atoms with van der Waals surface area (Å²) < 4.78 is 5.34. The Morgan fingerprint density at radius 1 is 1.33 bits per heavy atom. The molecule has 0 aromatic rings. The van der Waals surface area contributed by atoms with Crippen molar-refractivity contribution in [3.05, 3.63) is 0 Å². The summed E-state index contributed by atoms with van der Waals surface area (Å²) in [5.41, 5.74) is 0. The summed E-state index contributed by atoms with van der Waals surface area (Å²) in [7, 11) is 0. The molecule has 15 heavy (non-hydrogen) atoms. The molecule has 4 heteroatoms. The Morgan fingerprint density at radius 2 is 2.20 bits per heavy atom. The highest BCUT2D eigenvalue weighted by molar-refractivity contribution is 5.82. The van der Waals surface area contributed by atoms with Crippen LogP contribution in [0.4, 0.5) is 0 Å². The van der Waals surface area contributed by atoms with Gasteiger partial charge in [0, 0.05) is 6.54 Å². The van der Waals surface area contributed by atoms with Gasteiger partial charge in [-0.1, -0.05) is 12.8 Å². The van der Waals surface area contributed by atoms with Gasteiger partial charge in [-0.3, -0.25) is 0 Å². The Labute approximate surface area is 90.5 Å². The van der Waals surface area contributed by atoms with Crippen LogP contribution in [0.3, 0.4) is 0 Å². The van der Waals surface area contributed by atoms with Crippen LogP contribution < -0.4 is 10.6 Å². The highest BCUT2D eigenvalue weighted by Crippen LogP contribution is 2.23. The van der Waals surface area contributed by atoms with Gasteiger partial charge in [0.25, 0.3) is 0 Å². The lowest BCUT2D eigenvalue weighted by Crippen LogP contribution is -2.42. The van der Waals surface area contributed by atoms with Crippen molar-refractivity contribution in [2.75, 3.05) is 19.8 Å². The number of guanidine groups is 1. The number of aliphatic imine (C=N–C) groups is 1. The predicted molar refractivity (Wildman–Crippen MR) is 58.9 cm³/mol. The monoisotopic (exact) mass is 209 g/mol. The molecule has 0 spiro atoms. The highest BCUT2D eigenvalue weighted by atomic mass is 16.5. The summed E-state index contributed by atoms with van der Waals surface area (Å²) in [5, 5.41) is 6.83. The minimum atomic E-state index is 0.357. The van der Waals surface area contributed by atoms with E-state index < -0.39 is 0 Å². The van der Waals surface area contributed by atoms with E-state index in [1.54, 1.807) is 0 Å². The molecule has 1 saturated carbocycles. The number of hydrogen-bond donors (Lipinski definition) is 2. The lowest BCUT2D eigenvalue weighted by Gasteiger charge is -2.13. The molecule has 1 aliphatic carbocycles.